The fourth-order valence-electron chi connectivity index (χ4n) is 1.59. The monoisotopic (exact) mass is 201 g/mol. The largest absolute Gasteiger partial charge is 0.394 e. The molecule has 1 amide bonds. The highest BCUT2D eigenvalue weighted by Gasteiger charge is 2.31. The average Bonchev–Trinajstić information content (AvgIpc) is 2.60. The molecule has 82 valence electrons. The highest BCUT2D eigenvalue weighted by atomic mass is 16.5. The SMILES string of the molecule is CC[C@@H](CO)NC(=O)C1OCCC1C. The average molecular weight is 201 g/mol. The van der Waals surface area contributed by atoms with Crippen molar-refractivity contribution in [2.24, 2.45) is 5.92 Å². The van der Waals surface area contributed by atoms with E-state index in [4.69, 9.17) is 9.84 Å². The number of amides is 1. The van der Waals surface area contributed by atoms with E-state index in [0.717, 1.165) is 12.8 Å². The zero-order valence-corrected chi connectivity index (χ0v) is 8.82. The van der Waals surface area contributed by atoms with Gasteiger partial charge in [0.15, 0.2) is 0 Å². The van der Waals surface area contributed by atoms with Crippen LogP contribution in [0, 0.1) is 5.92 Å². The van der Waals surface area contributed by atoms with Crippen LogP contribution in [0.3, 0.4) is 0 Å². The summed E-state index contributed by atoms with van der Waals surface area (Å²) in [6.07, 6.45) is 1.35. The maximum absolute atomic E-state index is 11.6. The van der Waals surface area contributed by atoms with Crippen molar-refractivity contribution in [2.75, 3.05) is 13.2 Å². The Morgan fingerprint density at radius 3 is 2.86 bits per heavy atom. The summed E-state index contributed by atoms with van der Waals surface area (Å²) in [6.45, 7) is 4.59. The Morgan fingerprint density at radius 2 is 2.43 bits per heavy atom. The van der Waals surface area contributed by atoms with Gasteiger partial charge in [-0.3, -0.25) is 4.79 Å². The molecule has 14 heavy (non-hydrogen) atoms. The van der Waals surface area contributed by atoms with Crippen molar-refractivity contribution in [1.29, 1.82) is 0 Å². The van der Waals surface area contributed by atoms with Gasteiger partial charge in [-0.2, -0.15) is 0 Å². The minimum absolute atomic E-state index is 0.0106. The molecule has 0 radical (unpaired) electrons. The first-order chi connectivity index (χ1) is 6.69. The van der Waals surface area contributed by atoms with E-state index in [0.29, 0.717) is 6.61 Å². The molecule has 0 aromatic rings. The third kappa shape index (κ3) is 2.69. The quantitative estimate of drug-likeness (QED) is 0.687. The number of carbonyl (C=O) groups is 1. The second-order valence-electron chi connectivity index (χ2n) is 3.85. The molecule has 2 unspecified atom stereocenters. The van der Waals surface area contributed by atoms with Crippen LogP contribution in [-0.4, -0.2) is 36.4 Å². The maximum atomic E-state index is 11.6. The van der Waals surface area contributed by atoms with Gasteiger partial charge in [-0.05, 0) is 18.8 Å². The first-order valence-corrected chi connectivity index (χ1v) is 5.21. The number of carbonyl (C=O) groups excluding carboxylic acids is 1. The molecule has 3 atom stereocenters. The van der Waals surface area contributed by atoms with E-state index >= 15 is 0 Å². The summed E-state index contributed by atoms with van der Waals surface area (Å²) in [4.78, 5) is 11.6. The lowest BCUT2D eigenvalue weighted by atomic mass is 10.0. The number of nitrogens with one attached hydrogen (secondary N) is 1. The third-order valence-corrected chi connectivity index (χ3v) is 2.71. The molecule has 0 aromatic carbocycles. The summed E-state index contributed by atoms with van der Waals surface area (Å²) >= 11 is 0. The molecule has 1 saturated heterocycles. The van der Waals surface area contributed by atoms with Crippen molar-refractivity contribution in [1.82, 2.24) is 5.32 Å². The molecule has 2 N–H and O–H groups in total. The number of hydrogen-bond donors (Lipinski definition) is 2. The van der Waals surface area contributed by atoms with E-state index in [1.807, 2.05) is 13.8 Å². The minimum atomic E-state index is -0.324. The highest BCUT2D eigenvalue weighted by molar-refractivity contribution is 5.81. The fourth-order valence-corrected chi connectivity index (χ4v) is 1.59. The number of aliphatic hydroxyl groups excluding tert-OH is 1. The number of rotatable bonds is 4. The van der Waals surface area contributed by atoms with E-state index in [2.05, 4.69) is 5.32 Å². The third-order valence-electron chi connectivity index (χ3n) is 2.71. The zero-order valence-electron chi connectivity index (χ0n) is 8.82. The fraction of sp³-hybridized carbons (Fsp3) is 0.900. The molecule has 1 rings (SSSR count). The summed E-state index contributed by atoms with van der Waals surface area (Å²) in [7, 11) is 0. The van der Waals surface area contributed by atoms with E-state index < -0.39 is 0 Å². The van der Waals surface area contributed by atoms with Crippen molar-refractivity contribution in [3.8, 4) is 0 Å². The Bertz CT molecular complexity index is 192. The number of hydrogen-bond acceptors (Lipinski definition) is 3. The summed E-state index contributed by atoms with van der Waals surface area (Å²) in [5.74, 6) is 0.196. The van der Waals surface area contributed by atoms with Crippen LogP contribution in [0.1, 0.15) is 26.7 Å². The van der Waals surface area contributed by atoms with Crippen molar-refractivity contribution in [3.63, 3.8) is 0 Å². The maximum Gasteiger partial charge on any atom is 0.249 e. The Morgan fingerprint density at radius 1 is 1.71 bits per heavy atom. The number of aliphatic hydroxyl groups is 1. The van der Waals surface area contributed by atoms with Crippen LogP contribution < -0.4 is 5.32 Å². The topological polar surface area (TPSA) is 58.6 Å². The Hall–Kier alpha value is -0.610. The molecule has 1 aliphatic heterocycles. The molecule has 4 heteroatoms. The van der Waals surface area contributed by atoms with Gasteiger partial charge >= 0.3 is 0 Å². The van der Waals surface area contributed by atoms with Crippen molar-refractivity contribution < 1.29 is 14.6 Å². The van der Waals surface area contributed by atoms with Gasteiger partial charge in [0.1, 0.15) is 6.10 Å². The molecule has 0 spiro atoms. The molecule has 0 bridgehead atoms. The van der Waals surface area contributed by atoms with Gasteiger partial charge in [0.05, 0.1) is 12.6 Å². The van der Waals surface area contributed by atoms with Gasteiger partial charge in [-0.15, -0.1) is 0 Å². The van der Waals surface area contributed by atoms with Gasteiger partial charge in [0, 0.05) is 6.61 Å². The standard InChI is InChI=1S/C10H19NO3/c1-3-8(6-12)11-10(13)9-7(2)4-5-14-9/h7-9,12H,3-6H2,1-2H3,(H,11,13)/t7?,8-,9?/m0/s1. The molecule has 1 aliphatic rings. The van der Waals surface area contributed by atoms with Crippen molar-refractivity contribution >= 4 is 5.91 Å². The molecule has 0 aromatic heterocycles. The van der Waals surface area contributed by atoms with Crippen molar-refractivity contribution in [2.45, 2.75) is 38.8 Å². The van der Waals surface area contributed by atoms with Crippen LogP contribution in [0.4, 0.5) is 0 Å². The lowest BCUT2D eigenvalue weighted by Crippen LogP contribution is -2.44. The molecule has 1 heterocycles. The van der Waals surface area contributed by atoms with Crippen LogP contribution in [-0.2, 0) is 9.53 Å². The Balaban J connectivity index is 2.40. The Labute approximate surface area is 84.6 Å². The number of ether oxygens (including phenoxy) is 1. The summed E-state index contributed by atoms with van der Waals surface area (Å²) in [6, 6.07) is -0.140. The van der Waals surface area contributed by atoms with E-state index in [1.165, 1.54) is 0 Å². The van der Waals surface area contributed by atoms with Gasteiger partial charge in [0.2, 0.25) is 5.91 Å². The Kier molecular flexibility index (Phi) is 4.35. The lowest BCUT2D eigenvalue weighted by molar-refractivity contribution is -0.132. The first kappa shape index (κ1) is 11.5. The van der Waals surface area contributed by atoms with Crippen LogP contribution in [0.25, 0.3) is 0 Å². The zero-order chi connectivity index (χ0) is 10.6. The smallest absolute Gasteiger partial charge is 0.249 e. The van der Waals surface area contributed by atoms with E-state index in [-0.39, 0.29) is 30.6 Å². The first-order valence-electron chi connectivity index (χ1n) is 5.21. The highest BCUT2D eigenvalue weighted by Crippen LogP contribution is 2.20. The predicted molar refractivity (Wildman–Crippen MR) is 52.8 cm³/mol. The normalized spacial score (nSPS) is 28.8. The van der Waals surface area contributed by atoms with Crippen LogP contribution in [0.2, 0.25) is 0 Å². The molecule has 0 aliphatic carbocycles. The lowest BCUT2D eigenvalue weighted by Gasteiger charge is -2.19. The molecular formula is C10H19NO3. The second kappa shape index (κ2) is 5.32. The van der Waals surface area contributed by atoms with Gasteiger partial charge < -0.3 is 15.2 Å². The summed E-state index contributed by atoms with van der Waals surface area (Å²) in [5, 5.41) is 11.7. The minimum Gasteiger partial charge on any atom is -0.394 e. The van der Waals surface area contributed by atoms with Gasteiger partial charge in [-0.1, -0.05) is 13.8 Å². The summed E-state index contributed by atoms with van der Waals surface area (Å²) in [5.41, 5.74) is 0. The van der Waals surface area contributed by atoms with E-state index in [9.17, 15) is 4.79 Å². The van der Waals surface area contributed by atoms with Crippen molar-refractivity contribution in [3.05, 3.63) is 0 Å². The van der Waals surface area contributed by atoms with Gasteiger partial charge in [-0.25, -0.2) is 0 Å². The second-order valence-corrected chi connectivity index (χ2v) is 3.85. The van der Waals surface area contributed by atoms with Crippen LogP contribution in [0.5, 0.6) is 0 Å². The van der Waals surface area contributed by atoms with Crippen LogP contribution >= 0.6 is 0 Å². The van der Waals surface area contributed by atoms with Gasteiger partial charge in [0.25, 0.3) is 0 Å². The molecule has 0 saturated carbocycles. The molecule has 1 fully saturated rings. The van der Waals surface area contributed by atoms with Crippen LogP contribution in [0.15, 0.2) is 0 Å². The summed E-state index contributed by atoms with van der Waals surface area (Å²) < 4.78 is 5.32. The van der Waals surface area contributed by atoms with E-state index in [1.54, 1.807) is 0 Å². The molecular weight excluding hydrogens is 182 g/mol. The molecule has 4 nitrogen and oxygen atoms in total. The predicted octanol–water partition coefficient (Wildman–Crippen LogP) is 0.298.